The Bertz CT molecular complexity index is 1110. The molecule has 1 saturated heterocycles. The number of piperidine rings is 1. The van der Waals surface area contributed by atoms with Crippen LogP contribution in [0.15, 0.2) is 42.6 Å². The molecule has 0 spiro atoms. The summed E-state index contributed by atoms with van der Waals surface area (Å²) in [6.45, 7) is 4.34. The molecule has 3 aromatic rings. The SMILES string of the molecule is CCOc1cc(CNc2c(C(=O)N3CCCCC3)cnc3ccc(F)cc23)ccc1OC. The van der Waals surface area contributed by atoms with Crippen LogP contribution in [0, 0.1) is 5.82 Å². The molecule has 168 valence electrons. The highest BCUT2D eigenvalue weighted by Crippen LogP contribution is 2.31. The fourth-order valence-corrected chi connectivity index (χ4v) is 4.07. The van der Waals surface area contributed by atoms with Crippen molar-refractivity contribution in [1.82, 2.24) is 9.88 Å². The number of carbonyl (C=O) groups excluding carboxylic acids is 1. The average molecular weight is 438 g/mol. The molecular formula is C25H28FN3O3. The third-order valence-corrected chi connectivity index (χ3v) is 5.70. The number of rotatable bonds is 7. The number of amides is 1. The Morgan fingerprint density at radius 3 is 2.69 bits per heavy atom. The van der Waals surface area contributed by atoms with Crippen molar-refractivity contribution < 1.29 is 18.7 Å². The van der Waals surface area contributed by atoms with Crippen molar-refractivity contribution in [3.63, 3.8) is 0 Å². The van der Waals surface area contributed by atoms with Crippen LogP contribution in [0.2, 0.25) is 0 Å². The second kappa shape index (κ2) is 9.85. The monoisotopic (exact) mass is 437 g/mol. The number of aromatic nitrogens is 1. The summed E-state index contributed by atoms with van der Waals surface area (Å²) in [5.41, 5.74) is 2.64. The van der Waals surface area contributed by atoms with Crippen molar-refractivity contribution in [1.29, 1.82) is 0 Å². The largest absolute Gasteiger partial charge is 0.493 e. The van der Waals surface area contributed by atoms with Gasteiger partial charge in [0.25, 0.3) is 5.91 Å². The summed E-state index contributed by atoms with van der Waals surface area (Å²) in [5, 5.41) is 3.97. The number of likely N-dealkylation sites (tertiary alicyclic amines) is 1. The summed E-state index contributed by atoms with van der Waals surface area (Å²) in [6.07, 6.45) is 4.72. The van der Waals surface area contributed by atoms with Gasteiger partial charge in [-0.15, -0.1) is 0 Å². The predicted molar refractivity (Wildman–Crippen MR) is 123 cm³/mol. The van der Waals surface area contributed by atoms with Crippen LogP contribution in [-0.2, 0) is 6.54 Å². The number of fused-ring (bicyclic) bond motifs is 1. The molecule has 4 rings (SSSR count). The number of nitrogens with zero attached hydrogens (tertiary/aromatic N) is 2. The van der Waals surface area contributed by atoms with E-state index in [-0.39, 0.29) is 11.7 Å². The zero-order valence-electron chi connectivity index (χ0n) is 18.5. The van der Waals surface area contributed by atoms with Gasteiger partial charge in [0.2, 0.25) is 0 Å². The van der Waals surface area contributed by atoms with Crippen molar-refractivity contribution in [2.45, 2.75) is 32.7 Å². The summed E-state index contributed by atoms with van der Waals surface area (Å²) >= 11 is 0. The Morgan fingerprint density at radius 1 is 1.12 bits per heavy atom. The highest BCUT2D eigenvalue weighted by molar-refractivity contribution is 6.07. The molecule has 1 amide bonds. The van der Waals surface area contributed by atoms with E-state index in [1.54, 1.807) is 19.4 Å². The topological polar surface area (TPSA) is 63.7 Å². The summed E-state index contributed by atoms with van der Waals surface area (Å²) in [4.78, 5) is 19.6. The number of ether oxygens (including phenoxy) is 2. The van der Waals surface area contributed by atoms with Crippen LogP contribution in [0.5, 0.6) is 11.5 Å². The van der Waals surface area contributed by atoms with Gasteiger partial charge in [-0.05, 0) is 62.1 Å². The molecule has 0 atom stereocenters. The number of benzene rings is 2. The Labute approximate surface area is 187 Å². The first-order valence-corrected chi connectivity index (χ1v) is 11.0. The summed E-state index contributed by atoms with van der Waals surface area (Å²) in [7, 11) is 1.60. The molecule has 0 bridgehead atoms. The van der Waals surface area contributed by atoms with Crippen molar-refractivity contribution in [2.24, 2.45) is 0 Å². The average Bonchev–Trinajstić information content (AvgIpc) is 2.83. The molecular weight excluding hydrogens is 409 g/mol. The second-order valence-electron chi connectivity index (χ2n) is 7.83. The predicted octanol–water partition coefficient (Wildman–Crippen LogP) is 5.02. The molecule has 0 radical (unpaired) electrons. The fraction of sp³-hybridized carbons (Fsp3) is 0.360. The molecule has 1 fully saturated rings. The van der Waals surface area contributed by atoms with E-state index in [4.69, 9.17) is 9.47 Å². The highest BCUT2D eigenvalue weighted by Gasteiger charge is 2.23. The first-order valence-electron chi connectivity index (χ1n) is 11.0. The van der Waals surface area contributed by atoms with E-state index in [9.17, 15) is 9.18 Å². The molecule has 32 heavy (non-hydrogen) atoms. The van der Waals surface area contributed by atoms with E-state index in [0.29, 0.717) is 46.8 Å². The third-order valence-electron chi connectivity index (χ3n) is 5.70. The zero-order valence-corrected chi connectivity index (χ0v) is 18.5. The molecule has 1 aliphatic rings. The van der Waals surface area contributed by atoms with E-state index < -0.39 is 0 Å². The van der Waals surface area contributed by atoms with Gasteiger partial charge in [-0.25, -0.2) is 4.39 Å². The third kappa shape index (κ3) is 4.61. The normalized spacial score (nSPS) is 13.8. The molecule has 6 nitrogen and oxygen atoms in total. The van der Waals surface area contributed by atoms with Crippen molar-refractivity contribution >= 4 is 22.5 Å². The van der Waals surface area contributed by atoms with E-state index in [0.717, 1.165) is 37.9 Å². The molecule has 1 aromatic heterocycles. The van der Waals surface area contributed by atoms with Crippen LogP contribution < -0.4 is 14.8 Å². The minimum atomic E-state index is -0.368. The fourth-order valence-electron chi connectivity index (χ4n) is 4.07. The summed E-state index contributed by atoms with van der Waals surface area (Å²) < 4.78 is 25.1. The maximum atomic E-state index is 14.1. The lowest BCUT2D eigenvalue weighted by molar-refractivity contribution is 0.0725. The minimum absolute atomic E-state index is 0.0735. The van der Waals surface area contributed by atoms with Crippen LogP contribution in [-0.4, -0.2) is 42.6 Å². The van der Waals surface area contributed by atoms with Crippen LogP contribution >= 0.6 is 0 Å². The van der Waals surface area contributed by atoms with Crippen LogP contribution in [0.25, 0.3) is 10.9 Å². The first kappa shape index (κ1) is 21.9. The molecule has 1 N–H and O–H groups in total. The van der Waals surface area contributed by atoms with Gasteiger partial charge >= 0.3 is 0 Å². The lowest BCUT2D eigenvalue weighted by Crippen LogP contribution is -2.36. The van der Waals surface area contributed by atoms with Gasteiger partial charge in [-0.2, -0.15) is 0 Å². The van der Waals surface area contributed by atoms with Gasteiger partial charge in [0.1, 0.15) is 5.82 Å². The van der Waals surface area contributed by atoms with Gasteiger partial charge in [0.15, 0.2) is 11.5 Å². The minimum Gasteiger partial charge on any atom is -0.493 e. The number of pyridine rings is 1. The van der Waals surface area contributed by atoms with Crippen LogP contribution in [0.4, 0.5) is 10.1 Å². The van der Waals surface area contributed by atoms with Gasteiger partial charge in [0, 0.05) is 31.2 Å². The zero-order chi connectivity index (χ0) is 22.5. The number of anilines is 1. The highest BCUT2D eigenvalue weighted by atomic mass is 19.1. The van der Waals surface area contributed by atoms with Crippen molar-refractivity contribution in [3.8, 4) is 11.5 Å². The second-order valence-corrected chi connectivity index (χ2v) is 7.83. The Morgan fingerprint density at radius 2 is 1.94 bits per heavy atom. The number of hydrogen-bond acceptors (Lipinski definition) is 5. The van der Waals surface area contributed by atoms with E-state index in [1.807, 2.05) is 30.0 Å². The standard InChI is InChI=1S/C25H28FN3O3/c1-3-32-23-13-17(7-10-22(23)31-2)15-28-24-19-14-18(26)8-9-21(19)27-16-20(24)25(30)29-11-5-4-6-12-29/h7-10,13-14,16H,3-6,11-12,15H2,1-2H3,(H,27,28). The number of methoxy groups -OCH3 is 1. The van der Waals surface area contributed by atoms with Gasteiger partial charge in [-0.1, -0.05) is 6.07 Å². The van der Waals surface area contributed by atoms with E-state index >= 15 is 0 Å². The molecule has 1 aliphatic heterocycles. The smallest absolute Gasteiger partial charge is 0.257 e. The van der Waals surface area contributed by atoms with Crippen molar-refractivity contribution in [3.05, 3.63) is 59.5 Å². The molecule has 2 heterocycles. The van der Waals surface area contributed by atoms with Crippen LogP contribution in [0.3, 0.4) is 0 Å². The number of nitrogens with one attached hydrogen (secondary N) is 1. The number of halogens is 1. The quantitative estimate of drug-likeness (QED) is 0.562. The van der Waals surface area contributed by atoms with Crippen molar-refractivity contribution in [2.75, 3.05) is 32.1 Å². The Balaban J connectivity index is 1.69. The maximum absolute atomic E-state index is 14.1. The molecule has 0 unspecified atom stereocenters. The van der Waals surface area contributed by atoms with E-state index in [1.165, 1.54) is 12.1 Å². The molecule has 0 aliphatic carbocycles. The summed E-state index contributed by atoms with van der Waals surface area (Å²) in [6, 6.07) is 10.1. The van der Waals surface area contributed by atoms with Gasteiger partial charge in [-0.3, -0.25) is 9.78 Å². The Kier molecular flexibility index (Phi) is 6.73. The molecule has 0 saturated carbocycles. The maximum Gasteiger partial charge on any atom is 0.257 e. The van der Waals surface area contributed by atoms with E-state index in [2.05, 4.69) is 10.3 Å². The summed E-state index contributed by atoms with van der Waals surface area (Å²) in [5.74, 6) is 0.876. The van der Waals surface area contributed by atoms with Crippen LogP contribution in [0.1, 0.15) is 42.1 Å². The van der Waals surface area contributed by atoms with Gasteiger partial charge < -0.3 is 19.7 Å². The lowest BCUT2D eigenvalue weighted by Gasteiger charge is -2.27. The molecule has 2 aromatic carbocycles. The molecule has 7 heteroatoms. The number of hydrogen-bond donors (Lipinski definition) is 1. The van der Waals surface area contributed by atoms with Gasteiger partial charge in [0.05, 0.1) is 30.5 Å². The first-order chi connectivity index (χ1) is 15.6. The lowest BCUT2D eigenvalue weighted by atomic mass is 10.1. The Hall–Kier alpha value is -3.35. The number of carbonyl (C=O) groups is 1.